The van der Waals surface area contributed by atoms with Crippen molar-refractivity contribution in [3.05, 3.63) is 47.2 Å². The standard InChI is InChI=1S/C16H16N6O3/c23-16(14-10-9-24-8-5-11(10)20-21-14)18-7-4-13-19-15(22-25-13)12-3-1-2-6-17-12/h1-3,6H,4-5,7-9H2,(H,18,23)(H,20,21). The summed E-state index contributed by atoms with van der Waals surface area (Å²) in [5.74, 6) is 0.626. The Morgan fingerprint density at radius 1 is 1.36 bits per heavy atom. The Labute approximate surface area is 142 Å². The summed E-state index contributed by atoms with van der Waals surface area (Å²) in [5, 5.41) is 13.7. The zero-order chi connectivity index (χ0) is 17.1. The summed E-state index contributed by atoms with van der Waals surface area (Å²) in [5.41, 5.74) is 2.83. The maximum atomic E-state index is 12.3. The SMILES string of the molecule is O=C(NCCc1nc(-c2ccccn2)no1)c1n[nH]c2c1COCC2. The Kier molecular flexibility index (Phi) is 4.21. The van der Waals surface area contributed by atoms with Crippen LogP contribution < -0.4 is 5.32 Å². The minimum absolute atomic E-state index is 0.243. The molecule has 1 aliphatic heterocycles. The van der Waals surface area contributed by atoms with Gasteiger partial charge in [-0.3, -0.25) is 14.9 Å². The first-order valence-electron chi connectivity index (χ1n) is 7.97. The molecule has 4 rings (SSSR count). The van der Waals surface area contributed by atoms with E-state index < -0.39 is 0 Å². The molecular formula is C16H16N6O3. The lowest BCUT2D eigenvalue weighted by molar-refractivity contribution is 0.0925. The monoisotopic (exact) mass is 340 g/mol. The van der Waals surface area contributed by atoms with Crippen molar-refractivity contribution in [2.75, 3.05) is 13.2 Å². The maximum absolute atomic E-state index is 12.3. The van der Waals surface area contributed by atoms with Crippen molar-refractivity contribution in [2.24, 2.45) is 0 Å². The van der Waals surface area contributed by atoms with Crippen molar-refractivity contribution >= 4 is 5.91 Å². The highest BCUT2D eigenvalue weighted by molar-refractivity contribution is 5.93. The second-order valence-electron chi connectivity index (χ2n) is 5.56. The molecule has 0 aliphatic carbocycles. The number of fused-ring (bicyclic) bond motifs is 1. The third-order valence-electron chi connectivity index (χ3n) is 3.90. The number of amides is 1. The number of carbonyl (C=O) groups excluding carboxylic acids is 1. The van der Waals surface area contributed by atoms with E-state index in [1.807, 2.05) is 12.1 Å². The Balaban J connectivity index is 1.34. The highest BCUT2D eigenvalue weighted by atomic mass is 16.5. The molecule has 25 heavy (non-hydrogen) atoms. The Bertz CT molecular complexity index is 873. The number of nitrogens with one attached hydrogen (secondary N) is 2. The Morgan fingerprint density at radius 3 is 3.20 bits per heavy atom. The predicted octanol–water partition coefficient (Wildman–Crippen LogP) is 0.900. The molecule has 0 unspecified atom stereocenters. The number of nitrogens with zero attached hydrogens (tertiary/aromatic N) is 4. The van der Waals surface area contributed by atoms with Crippen LogP contribution in [0.25, 0.3) is 11.5 Å². The molecule has 128 valence electrons. The van der Waals surface area contributed by atoms with Gasteiger partial charge in [-0.2, -0.15) is 10.1 Å². The number of pyridine rings is 1. The summed E-state index contributed by atoms with van der Waals surface area (Å²) >= 11 is 0. The van der Waals surface area contributed by atoms with Crippen LogP contribution >= 0.6 is 0 Å². The molecule has 0 fully saturated rings. The molecule has 0 spiro atoms. The average Bonchev–Trinajstić information content (AvgIpc) is 3.29. The molecule has 0 saturated carbocycles. The molecule has 9 heteroatoms. The van der Waals surface area contributed by atoms with Gasteiger partial charge in [-0.1, -0.05) is 11.2 Å². The van der Waals surface area contributed by atoms with Crippen molar-refractivity contribution in [1.82, 2.24) is 30.6 Å². The van der Waals surface area contributed by atoms with Crippen LogP contribution in [0.1, 0.15) is 27.6 Å². The van der Waals surface area contributed by atoms with Crippen LogP contribution in [0.15, 0.2) is 28.9 Å². The molecule has 3 aromatic heterocycles. The zero-order valence-electron chi connectivity index (χ0n) is 13.4. The van der Waals surface area contributed by atoms with E-state index in [1.54, 1.807) is 12.3 Å². The molecule has 1 amide bonds. The van der Waals surface area contributed by atoms with E-state index >= 15 is 0 Å². The van der Waals surface area contributed by atoms with Crippen molar-refractivity contribution in [3.8, 4) is 11.5 Å². The highest BCUT2D eigenvalue weighted by Crippen LogP contribution is 2.18. The minimum atomic E-state index is -0.243. The van der Waals surface area contributed by atoms with Crippen LogP contribution in [0.3, 0.4) is 0 Å². The number of hydrogen-bond acceptors (Lipinski definition) is 7. The van der Waals surface area contributed by atoms with Crippen molar-refractivity contribution in [3.63, 3.8) is 0 Å². The van der Waals surface area contributed by atoms with Gasteiger partial charge in [0.05, 0.1) is 13.2 Å². The van der Waals surface area contributed by atoms with Gasteiger partial charge in [-0.15, -0.1) is 0 Å². The molecule has 1 aliphatic rings. The summed E-state index contributed by atoms with van der Waals surface area (Å²) < 4.78 is 10.6. The van der Waals surface area contributed by atoms with Crippen molar-refractivity contribution < 1.29 is 14.1 Å². The molecule has 3 aromatic rings. The number of aromatic amines is 1. The van der Waals surface area contributed by atoms with Gasteiger partial charge in [0.2, 0.25) is 11.7 Å². The first kappa shape index (κ1) is 15.5. The molecule has 0 bridgehead atoms. The fourth-order valence-corrected chi connectivity index (χ4v) is 2.62. The zero-order valence-corrected chi connectivity index (χ0v) is 13.4. The normalized spacial score (nSPS) is 13.4. The maximum Gasteiger partial charge on any atom is 0.272 e. The van der Waals surface area contributed by atoms with Crippen LogP contribution in [0.5, 0.6) is 0 Å². The third-order valence-corrected chi connectivity index (χ3v) is 3.90. The van der Waals surface area contributed by atoms with Crippen molar-refractivity contribution in [1.29, 1.82) is 0 Å². The predicted molar refractivity (Wildman–Crippen MR) is 85.5 cm³/mol. The second kappa shape index (κ2) is 6.81. The molecule has 4 heterocycles. The van der Waals surface area contributed by atoms with E-state index in [4.69, 9.17) is 9.26 Å². The van der Waals surface area contributed by atoms with E-state index in [9.17, 15) is 4.79 Å². The van der Waals surface area contributed by atoms with E-state index in [2.05, 4.69) is 30.6 Å². The molecule has 0 atom stereocenters. The Morgan fingerprint density at radius 2 is 2.32 bits per heavy atom. The minimum Gasteiger partial charge on any atom is -0.376 e. The van der Waals surface area contributed by atoms with Crippen LogP contribution in [0.2, 0.25) is 0 Å². The molecule has 0 saturated heterocycles. The van der Waals surface area contributed by atoms with E-state index in [0.717, 1.165) is 17.7 Å². The lowest BCUT2D eigenvalue weighted by atomic mass is 10.1. The van der Waals surface area contributed by atoms with E-state index in [1.165, 1.54) is 0 Å². The number of hydrogen-bond donors (Lipinski definition) is 2. The van der Waals surface area contributed by atoms with Gasteiger partial charge in [0.25, 0.3) is 5.91 Å². The van der Waals surface area contributed by atoms with Crippen LogP contribution in [-0.2, 0) is 24.2 Å². The largest absolute Gasteiger partial charge is 0.376 e. The highest BCUT2D eigenvalue weighted by Gasteiger charge is 2.22. The smallest absolute Gasteiger partial charge is 0.272 e. The topological polar surface area (TPSA) is 119 Å². The Hall–Kier alpha value is -3.07. The summed E-state index contributed by atoms with van der Waals surface area (Å²) in [6.45, 7) is 1.42. The molecule has 0 aromatic carbocycles. The number of aromatic nitrogens is 5. The van der Waals surface area contributed by atoms with E-state index in [-0.39, 0.29) is 5.91 Å². The summed E-state index contributed by atoms with van der Waals surface area (Å²) in [4.78, 5) is 20.7. The first-order valence-corrected chi connectivity index (χ1v) is 7.97. The van der Waals surface area contributed by atoms with Gasteiger partial charge in [0.1, 0.15) is 5.69 Å². The van der Waals surface area contributed by atoms with Gasteiger partial charge >= 0.3 is 0 Å². The van der Waals surface area contributed by atoms with Gasteiger partial charge in [-0.05, 0) is 12.1 Å². The van der Waals surface area contributed by atoms with Gasteiger partial charge in [0.15, 0.2) is 5.69 Å². The van der Waals surface area contributed by atoms with Crippen molar-refractivity contribution in [2.45, 2.75) is 19.4 Å². The van der Waals surface area contributed by atoms with Crippen LogP contribution in [0.4, 0.5) is 0 Å². The summed E-state index contributed by atoms with van der Waals surface area (Å²) in [7, 11) is 0. The third kappa shape index (κ3) is 3.26. The number of rotatable bonds is 5. The summed E-state index contributed by atoms with van der Waals surface area (Å²) in [6.07, 6.45) is 2.84. The van der Waals surface area contributed by atoms with Gasteiger partial charge in [0, 0.05) is 36.8 Å². The number of H-pyrrole nitrogens is 1. The number of carbonyl (C=O) groups is 1. The summed E-state index contributed by atoms with van der Waals surface area (Å²) in [6, 6.07) is 5.48. The average molecular weight is 340 g/mol. The lowest BCUT2D eigenvalue weighted by Gasteiger charge is -2.12. The molecule has 2 N–H and O–H groups in total. The van der Waals surface area contributed by atoms with E-state index in [0.29, 0.717) is 49.3 Å². The quantitative estimate of drug-likeness (QED) is 0.708. The fraction of sp³-hybridized carbons (Fsp3) is 0.312. The first-order chi connectivity index (χ1) is 12.3. The molecule has 0 radical (unpaired) electrons. The fourth-order valence-electron chi connectivity index (χ4n) is 2.62. The van der Waals surface area contributed by atoms with Crippen LogP contribution in [0, 0.1) is 0 Å². The van der Waals surface area contributed by atoms with Gasteiger partial charge in [-0.25, -0.2) is 0 Å². The van der Waals surface area contributed by atoms with Crippen LogP contribution in [-0.4, -0.2) is 44.4 Å². The molecule has 9 nitrogen and oxygen atoms in total. The van der Waals surface area contributed by atoms with Gasteiger partial charge < -0.3 is 14.6 Å². The lowest BCUT2D eigenvalue weighted by Crippen LogP contribution is -2.27. The number of ether oxygens (including phenoxy) is 1. The second-order valence-corrected chi connectivity index (χ2v) is 5.56. The molecular weight excluding hydrogens is 324 g/mol.